The van der Waals surface area contributed by atoms with Crippen LogP contribution in [0.25, 0.3) is 0 Å². The SMILES string of the molecule is CCN[C@H](C)CNS(=O)(=O)Cc1cccc(F)c1.Cl. The minimum atomic E-state index is -3.42. The second-order valence-corrected chi connectivity index (χ2v) is 6.00. The van der Waals surface area contributed by atoms with Crippen molar-refractivity contribution in [2.75, 3.05) is 13.1 Å². The summed E-state index contributed by atoms with van der Waals surface area (Å²) in [5, 5.41) is 3.10. The van der Waals surface area contributed by atoms with E-state index in [1.165, 1.54) is 18.2 Å². The summed E-state index contributed by atoms with van der Waals surface area (Å²) in [5.74, 6) is -0.632. The predicted molar refractivity (Wildman–Crippen MR) is 77.4 cm³/mol. The lowest BCUT2D eigenvalue weighted by molar-refractivity contribution is 0.535. The van der Waals surface area contributed by atoms with E-state index in [4.69, 9.17) is 0 Å². The Kier molecular flexibility index (Phi) is 8.17. The van der Waals surface area contributed by atoms with Gasteiger partial charge >= 0.3 is 0 Å². The van der Waals surface area contributed by atoms with Crippen molar-refractivity contribution >= 4 is 22.4 Å². The molecule has 0 aliphatic carbocycles. The first-order chi connectivity index (χ1) is 8.43. The van der Waals surface area contributed by atoms with Crippen LogP contribution >= 0.6 is 12.4 Å². The van der Waals surface area contributed by atoms with E-state index >= 15 is 0 Å². The zero-order chi connectivity index (χ0) is 13.6. The highest BCUT2D eigenvalue weighted by molar-refractivity contribution is 7.88. The molecule has 0 saturated heterocycles. The van der Waals surface area contributed by atoms with Gasteiger partial charge in [0.25, 0.3) is 0 Å². The zero-order valence-corrected chi connectivity index (χ0v) is 12.7. The Morgan fingerprint density at radius 2 is 2.05 bits per heavy atom. The molecule has 1 atom stereocenters. The smallest absolute Gasteiger partial charge is 0.215 e. The van der Waals surface area contributed by atoms with Crippen molar-refractivity contribution < 1.29 is 12.8 Å². The summed E-state index contributed by atoms with van der Waals surface area (Å²) < 4.78 is 38.9. The molecule has 0 unspecified atom stereocenters. The lowest BCUT2D eigenvalue weighted by Crippen LogP contribution is -2.39. The van der Waals surface area contributed by atoms with Crippen LogP contribution in [0, 0.1) is 5.82 Å². The first-order valence-electron chi connectivity index (χ1n) is 5.88. The average molecular weight is 311 g/mol. The molecular weight excluding hydrogens is 291 g/mol. The molecule has 0 aliphatic heterocycles. The molecule has 0 saturated carbocycles. The highest BCUT2D eigenvalue weighted by atomic mass is 35.5. The molecule has 1 rings (SSSR count). The fourth-order valence-electron chi connectivity index (χ4n) is 1.57. The van der Waals surface area contributed by atoms with E-state index in [-0.39, 0.29) is 24.2 Å². The Morgan fingerprint density at radius 1 is 1.37 bits per heavy atom. The molecule has 2 N–H and O–H groups in total. The van der Waals surface area contributed by atoms with E-state index in [1.54, 1.807) is 6.07 Å². The van der Waals surface area contributed by atoms with Crippen LogP contribution in [0.3, 0.4) is 0 Å². The third kappa shape index (κ3) is 7.47. The van der Waals surface area contributed by atoms with Crippen molar-refractivity contribution in [3.63, 3.8) is 0 Å². The number of hydrogen-bond donors (Lipinski definition) is 2. The van der Waals surface area contributed by atoms with Gasteiger partial charge in [-0.2, -0.15) is 0 Å². The van der Waals surface area contributed by atoms with E-state index < -0.39 is 15.8 Å². The molecule has 4 nitrogen and oxygen atoms in total. The highest BCUT2D eigenvalue weighted by Gasteiger charge is 2.13. The Bertz CT molecular complexity index is 482. The van der Waals surface area contributed by atoms with Gasteiger partial charge in [0.15, 0.2) is 0 Å². The lowest BCUT2D eigenvalue weighted by Gasteiger charge is -2.13. The van der Waals surface area contributed by atoms with Gasteiger partial charge in [0, 0.05) is 12.6 Å². The minimum Gasteiger partial charge on any atom is -0.313 e. The van der Waals surface area contributed by atoms with Crippen LogP contribution in [0.5, 0.6) is 0 Å². The first kappa shape index (κ1) is 18.3. The number of hydrogen-bond acceptors (Lipinski definition) is 3. The second-order valence-electron chi connectivity index (χ2n) is 4.20. The van der Waals surface area contributed by atoms with E-state index in [1.807, 2.05) is 13.8 Å². The van der Waals surface area contributed by atoms with Crippen LogP contribution in [0.1, 0.15) is 19.4 Å². The molecule has 1 aromatic rings. The molecule has 0 aliphatic rings. The Balaban J connectivity index is 0.00000324. The molecular formula is C12H20ClFN2O2S. The normalized spacial score (nSPS) is 12.8. The molecule has 19 heavy (non-hydrogen) atoms. The van der Waals surface area contributed by atoms with Crippen LogP contribution in [-0.2, 0) is 15.8 Å². The van der Waals surface area contributed by atoms with Crippen LogP contribution in [0.15, 0.2) is 24.3 Å². The standard InChI is InChI=1S/C12H19FN2O2S.ClH/c1-3-14-10(2)8-15-18(16,17)9-11-5-4-6-12(13)7-11;/h4-7,10,14-15H,3,8-9H2,1-2H3;1H/t10-;/m1./s1. The largest absolute Gasteiger partial charge is 0.313 e. The topological polar surface area (TPSA) is 58.2 Å². The molecule has 0 heterocycles. The summed E-state index contributed by atoms with van der Waals surface area (Å²) in [7, 11) is -3.42. The van der Waals surface area contributed by atoms with E-state index in [9.17, 15) is 12.8 Å². The van der Waals surface area contributed by atoms with Crippen LogP contribution in [0.4, 0.5) is 4.39 Å². The van der Waals surface area contributed by atoms with Crippen molar-refractivity contribution in [2.24, 2.45) is 0 Å². The molecule has 7 heteroatoms. The zero-order valence-electron chi connectivity index (χ0n) is 11.0. The molecule has 0 bridgehead atoms. The van der Waals surface area contributed by atoms with Crippen molar-refractivity contribution in [3.8, 4) is 0 Å². The van der Waals surface area contributed by atoms with Gasteiger partial charge in [-0.3, -0.25) is 0 Å². The van der Waals surface area contributed by atoms with E-state index in [0.717, 1.165) is 6.54 Å². The van der Waals surface area contributed by atoms with Gasteiger partial charge in [0.05, 0.1) is 5.75 Å². The maximum atomic E-state index is 12.9. The second kappa shape index (κ2) is 8.47. The maximum absolute atomic E-state index is 12.9. The summed E-state index contributed by atoms with van der Waals surface area (Å²) in [6.07, 6.45) is 0. The third-order valence-electron chi connectivity index (χ3n) is 2.41. The monoisotopic (exact) mass is 310 g/mol. The third-order valence-corrected chi connectivity index (χ3v) is 3.73. The number of nitrogens with one attached hydrogen (secondary N) is 2. The van der Waals surface area contributed by atoms with Gasteiger partial charge in [-0.15, -0.1) is 12.4 Å². The summed E-state index contributed by atoms with van der Waals surface area (Å²) >= 11 is 0. The van der Waals surface area contributed by atoms with Crippen LogP contribution in [-0.4, -0.2) is 27.5 Å². The van der Waals surface area contributed by atoms with Gasteiger partial charge in [-0.1, -0.05) is 19.1 Å². The summed E-state index contributed by atoms with van der Waals surface area (Å²) in [6, 6.07) is 5.68. The van der Waals surface area contributed by atoms with E-state index in [2.05, 4.69) is 10.0 Å². The molecule has 0 spiro atoms. The Labute approximate surface area is 120 Å². The van der Waals surface area contributed by atoms with Crippen molar-refractivity contribution in [2.45, 2.75) is 25.6 Å². The number of halogens is 2. The molecule has 0 fully saturated rings. The lowest BCUT2D eigenvalue weighted by atomic mass is 10.2. The number of likely N-dealkylation sites (N-methyl/N-ethyl adjacent to an activating group) is 1. The maximum Gasteiger partial charge on any atom is 0.215 e. The molecule has 0 radical (unpaired) electrons. The number of benzene rings is 1. The van der Waals surface area contributed by atoms with Gasteiger partial charge in [-0.25, -0.2) is 17.5 Å². The fraction of sp³-hybridized carbons (Fsp3) is 0.500. The summed E-state index contributed by atoms with van der Waals surface area (Å²) in [6.45, 7) is 4.96. The van der Waals surface area contributed by atoms with Gasteiger partial charge < -0.3 is 5.32 Å². The summed E-state index contributed by atoms with van der Waals surface area (Å²) in [4.78, 5) is 0. The molecule has 0 aromatic heterocycles. The Hall–Kier alpha value is -0.690. The number of rotatable bonds is 7. The predicted octanol–water partition coefficient (Wildman–Crippen LogP) is 1.66. The fourth-order valence-corrected chi connectivity index (χ4v) is 2.79. The minimum absolute atomic E-state index is 0. The van der Waals surface area contributed by atoms with Crippen molar-refractivity contribution in [3.05, 3.63) is 35.6 Å². The van der Waals surface area contributed by atoms with E-state index in [0.29, 0.717) is 12.1 Å². The first-order valence-corrected chi connectivity index (χ1v) is 7.53. The Morgan fingerprint density at radius 3 is 2.63 bits per heavy atom. The molecule has 0 amide bonds. The molecule has 1 aromatic carbocycles. The number of sulfonamides is 1. The van der Waals surface area contributed by atoms with Crippen molar-refractivity contribution in [1.82, 2.24) is 10.0 Å². The van der Waals surface area contributed by atoms with Crippen LogP contribution < -0.4 is 10.0 Å². The average Bonchev–Trinajstić information content (AvgIpc) is 2.26. The van der Waals surface area contributed by atoms with Gasteiger partial charge in [0.2, 0.25) is 10.0 Å². The quantitative estimate of drug-likeness (QED) is 0.805. The molecule has 110 valence electrons. The van der Waals surface area contributed by atoms with Crippen LogP contribution in [0.2, 0.25) is 0 Å². The summed E-state index contributed by atoms with van der Waals surface area (Å²) in [5.41, 5.74) is 0.443. The van der Waals surface area contributed by atoms with Crippen molar-refractivity contribution in [1.29, 1.82) is 0 Å². The highest BCUT2D eigenvalue weighted by Crippen LogP contribution is 2.07. The van der Waals surface area contributed by atoms with Gasteiger partial charge in [-0.05, 0) is 31.2 Å². The van der Waals surface area contributed by atoms with Gasteiger partial charge in [0.1, 0.15) is 5.82 Å².